The minimum atomic E-state index is -5.84. The van der Waals surface area contributed by atoms with Gasteiger partial charge in [-0.25, -0.2) is 4.79 Å². The van der Waals surface area contributed by atoms with Gasteiger partial charge in [0.15, 0.2) is 0 Å². The summed E-state index contributed by atoms with van der Waals surface area (Å²) in [6.07, 6.45) is 1.94. The van der Waals surface area contributed by atoms with Crippen molar-refractivity contribution in [3.63, 3.8) is 0 Å². The lowest BCUT2D eigenvalue weighted by Crippen LogP contribution is -2.38. The molecule has 8 nitrogen and oxygen atoms in total. The average Bonchev–Trinajstić information content (AvgIpc) is 2.81. The Hall–Kier alpha value is -2.41. The molecule has 0 aromatic heterocycles. The minimum Gasteiger partial charge on any atom is -0.455 e. The van der Waals surface area contributed by atoms with Crippen molar-refractivity contribution in [2.45, 2.75) is 69.1 Å². The number of carbonyl (C=O) groups is 1. The van der Waals surface area contributed by atoms with Gasteiger partial charge in [-0.2, -0.15) is 25.6 Å². The summed E-state index contributed by atoms with van der Waals surface area (Å²) in [5, 5.41) is -4.97. The van der Waals surface area contributed by atoms with Crippen LogP contribution in [0.15, 0.2) is 53.4 Å². The molecule has 0 aliphatic carbocycles. The van der Waals surface area contributed by atoms with Crippen molar-refractivity contribution in [3.8, 4) is 0 Å². The lowest BCUT2D eigenvalue weighted by molar-refractivity contribution is -0.162. The molecule has 0 aliphatic heterocycles. The van der Waals surface area contributed by atoms with Gasteiger partial charge in [-0.1, -0.05) is 64.1 Å². The van der Waals surface area contributed by atoms with Crippen LogP contribution >= 0.6 is 0 Å². The Labute approximate surface area is 204 Å². The van der Waals surface area contributed by atoms with Crippen LogP contribution in [0.4, 0.5) is 8.78 Å². The van der Waals surface area contributed by atoms with Crippen molar-refractivity contribution in [1.82, 2.24) is 0 Å². The maximum absolute atomic E-state index is 12.9. The number of ether oxygens (including phenoxy) is 1. The van der Waals surface area contributed by atoms with Gasteiger partial charge in [0.1, 0.15) is 6.61 Å². The topological polar surface area (TPSA) is 135 Å². The van der Waals surface area contributed by atoms with Crippen molar-refractivity contribution >= 4 is 26.2 Å². The number of alkyl halides is 2. The molecule has 0 radical (unpaired) electrons. The molecule has 0 heterocycles. The molecule has 35 heavy (non-hydrogen) atoms. The molecule has 2 N–H and O–H groups in total. The van der Waals surface area contributed by atoms with E-state index in [1.807, 2.05) is 13.8 Å². The van der Waals surface area contributed by atoms with E-state index in [0.717, 1.165) is 24.0 Å². The minimum absolute atomic E-state index is 0.0513. The van der Waals surface area contributed by atoms with Crippen LogP contribution < -0.4 is 0 Å². The van der Waals surface area contributed by atoms with E-state index >= 15 is 0 Å². The van der Waals surface area contributed by atoms with Gasteiger partial charge < -0.3 is 4.74 Å². The maximum Gasteiger partial charge on any atom is 0.465 e. The van der Waals surface area contributed by atoms with E-state index in [4.69, 9.17) is 9.11 Å². The highest BCUT2D eigenvalue weighted by atomic mass is 32.2. The fourth-order valence-corrected chi connectivity index (χ4v) is 3.47. The summed E-state index contributed by atoms with van der Waals surface area (Å²) >= 11 is 0. The van der Waals surface area contributed by atoms with Gasteiger partial charge in [-0.15, -0.1) is 0 Å². The van der Waals surface area contributed by atoms with E-state index in [2.05, 4.69) is 18.6 Å². The third-order valence-electron chi connectivity index (χ3n) is 5.45. The SMILES string of the molecule is CCC(C)c1ccc(COC(=O)C(F)(F)S(=O)(=O)O)cc1.CCC(C)c1ccc(S(=O)(=O)O)cc1. The zero-order valence-electron chi connectivity index (χ0n) is 19.8. The first-order valence-electron chi connectivity index (χ1n) is 10.7. The zero-order valence-corrected chi connectivity index (χ0v) is 21.4. The van der Waals surface area contributed by atoms with E-state index in [9.17, 15) is 30.4 Å². The van der Waals surface area contributed by atoms with Crippen molar-refractivity contribution in [2.24, 2.45) is 0 Å². The number of benzene rings is 2. The fraction of sp³-hybridized carbons (Fsp3) is 0.435. The highest BCUT2D eigenvalue weighted by molar-refractivity contribution is 7.87. The number of rotatable bonds is 9. The Morgan fingerprint density at radius 2 is 1.26 bits per heavy atom. The Morgan fingerprint density at radius 1 is 0.857 bits per heavy atom. The van der Waals surface area contributed by atoms with E-state index in [-0.39, 0.29) is 4.90 Å². The van der Waals surface area contributed by atoms with Gasteiger partial charge >= 0.3 is 21.3 Å². The Balaban J connectivity index is 0.000000379. The van der Waals surface area contributed by atoms with Crippen LogP contribution in [0.5, 0.6) is 0 Å². The number of hydrogen-bond acceptors (Lipinski definition) is 6. The number of halogens is 2. The highest BCUT2D eigenvalue weighted by Crippen LogP contribution is 2.24. The van der Waals surface area contributed by atoms with Crippen LogP contribution in [0, 0.1) is 0 Å². The molecule has 12 heteroatoms. The summed E-state index contributed by atoms with van der Waals surface area (Å²) in [4.78, 5) is 10.9. The van der Waals surface area contributed by atoms with Crippen LogP contribution in [0.1, 0.15) is 69.1 Å². The Bertz CT molecular complexity index is 1180. The molecule has 196 valence electrons. The molecule has 0 spiro atoms. The smallest absolute Gasteiger partial charge is 0.455 e. The van der Waals surface area contributed by atoms with Crippen LogP contribution in [0.25, 0.3) is 0 Å². The summed E-state index contributed by atoms with van der Waals surface area (Å²) < 4.78 is 89.3. The monoisotopic (exact) mass is 536 g/mol. The first kappa shape index (κ1) is 30.6. The quantitative estimate of drug-likeness (QED) is 0.331. The normalized spacial score (nSPS) is 13.8. The molecule has 2 aromatic carbocycles. The first-order chi connectivity index (χ1) is 16.0. The van der Waals surface area contributed by atoms with Crippen molar-refractivity contribution in [3.05, 3.63) is 65.2 Å². The number of esters is 1. The standard InChI is InChI=1S/C13H16F2O5S.C10H14O3S/c1-3-9(2)11-6-4-10(5-7-11)8-20-12(16)13(14,15)21(17,18)19;1-3-8(2)9-4-6-10(7-5-9)14(11,12)13/h4-7,9H,3,8H2,1-2H3,(H,17,18,19);4-8H,3H2,1-2H3,(H,11,12,13). The molecule has 2 unspecified atom stereocenters. The van der Waals surface area contributed by atoms with Crippen molar-refractivity contribution in [1.29, 1.82) is 0 Å². The average molecular weight is 537 g/mol. The van der Waals surface area contributed by atoms with Gasteiger partial charge in [-0.3, -0.25) is 9.11 Å². The van der Waals surface area contributed by atoms with Gasteiger partial charge in [0.2, 0.25) is 0 Å². The van der Waals surface area contributed by atoms with Crippen molar-refractivity contribution in [2.75, 3.05) is 0 Å². The van der Waals surface area contributed by atoms with Gasteiger partial charge in [0.05, 0.1) is 4.90 Å². The van der Waals surface area contributed by atoms with E-state index in [1.165, 1.54) is 12.1 Å². The van der Waals surface area contributed by atoms with Crippen molar-refractivity contribution < 1.29 is 44.3 Å². The second-order valence-corrected chi connectivity index (χ2v) is 10.9. The maximum atomic E-state index is 12.9. The molecule has 0 fully saturated rings. The van der Waals surface area contributed by atoms with E-state index < -0.39 is 38.1 Å². The predicted molar refractivity (Wildman–Crippen MR) is 126 cm³/mol. The largest absolute Gasteiger partial charge is 0.465 e. The molecule has 0 amide bonds. The van der Waals surface area contributed by atoms with Crippen LogP contribution in [-0.2, 0) is 36.4 Å². The lowest BCUT2D eigenvalue weighted by Gasteiger charge is -2.13. The molecule has 2 aromatic rings. The Kier molecular flexibility index (Phi) is 11.0. The van der Waals surface area contributed by atoms with Crippen LogP contribution in [-0.4, -0.2) is 37.2 Å². The summed E-state index contributed by atoms with van der Waals surface area (Å²) in [7, 11) is -9.89. The van der Waals surface area contributed by atoms with Crippen LogP contribution in [0.3, 0.4) is 0 Å². The molecule has 0 saturated heterocycles. The predicted octanol–water partition coefficient (Wildman–Crippen LogP) is 5.17. The molecule has 2 rings (SSSR count). The second-order valence-electron chi connectivity index (χ2n) is 7.97. The molecule has 0 saturated carbocycles. The summed E-state index contributed by atoms with van der Waals surface area (Å²) in [6.45, 7) is 7.69. The van der Waals surface area contributed by atoms with Gasteiger partial charge in [0.25, 0.3) is 10.1 Å². The molecule has 2 atom stereocenters. The molecule has 0 bridgehead atoms. The number of hydrogen-bond donors (Lipinski definition) is 2. The van der Waals surface area contributed by atoms with Crippen LogP contribution in [0.2, 0.25) is 0 Å². The lowest BCUT2D eigenvalue weighted by atomic mass is 9.98. The highest BCUT2D eigenvalue weighted by Gasteiger charge is 2.54. The third kappa shape index (κ3) is 8.95. The summed E-state index contributed by atoms with van der Waals surface area (Å²) in [5.41, 5.74) is 2.57. The number of carbonyl (C=O) groups excluding carboxylic acids is 1. The first-order valence-corrected chi connectivity index (χ1v) is 13.6. The van der Waals surface area contributed by atoms with Gasteiger partial charge in [-0.05, 0) is 53.5 Å². The Morgan fingerprint density at radius 3 is 1.60 bits per heavy atom. The van der Waals surface area contributed by atoms with E-state index in [1.54, 1.807) is 36.4 Å². The van der Waals surface area contributed by atoms with E-state index in [0.29, 0.717) is 17.4 Å². The third-order valence-corrected chi connectivity index (χ3v) is 7.13. The van der Waals surface area contributed by atoms with Gasteiger partial charge in [0, 0.05) is 0 Å². The molecular weight excluding hydrogens is 506 g/mol. The zero-order chi connectivity index (χ0) is 27.0. The second kappa shape index (κ2) is 12.5. The molecule has 0 aliphatic rings. The fourth-order valence-electron chi connectivity index (χ4n) is 2.72. The molecular formula is C23H30F2O8S2. The summed E-state index contributed by atoms with van der Waals surface area (Å²) in [5.74, 6) is -1.56. The summed E-state index contributed by atoms with van der Waals surface area (Å²) in [6, 6.07) is 13.1.